The summed E-state index contributed by atoms with van der Waals surface area (Å²) < 4.78 is 44.4. The fourth-order valence-electron chi connectivity index (χ4n) is 3.42. The molecule has 3 aromatic rings. The molecule has 0 aromatic heterocycles. The molecule has 1 N–H and O–H groups in total. The van der Waals surface area contributed by atoms with Crippen LogP contribution in [0.25, 0.3) is 11.1 Å². The fraction of sp³-hybridized carbons (Fsp3) is 0.240. The van der Waals surface area contributed by atoms with Crippen molar-refractivity contribution in [1.82, 2.24) is 4.72 Å². The molecule has 0 radical (unpaired) electrons. The molecule has 0 aliphatic carbocycles. The minimum atomic E-state index is -3.89. The number of hydrogen-bond acceptors (Lipinski definition) is 7. The Morgan fingerprint density at radius 1 is 1.03 bits per heavy atom. The highest BCUT2D eigenvalue weighted by molar-refractivity contribution is 7.98. The molecule has 178 valence electrons. The molecule has 0 saturated heterocycles. The van der Waals surface area contributed by atoms with Crippen molar-refractivity contribution in [3.63, 3.8) is 0 Å². The van der Waals surface area contributed by atoms with Gasteiger partial charge in [0.25, 0.3) is 0 Å². The van der Waals surface area contributed by atoms with E-state index in [9.17, 15) is 8.42 Å². The fourth-order valence-corrected chi connectivity index (χ4v) is 5.27. The quantitative estimate of drug-likeness (QED) is 0.308. The Morgan fingerprint density at radius 2 is 1.82 bits per heavy atom. The van der Waals surface area contributed by atoms with Crippen molar-refractivity contribution < 1.29 is 22.6 Å². The molecular formula is C25H26N2O5S2. The van der Waals surface area contributed by atoms with E-state index in [1.54, 1.807) is 18.9 Å². The molecule has 7 nitrogen and oxygen atoms in total. The molecule has 0 bridgehead atoms. The standard InChI is InChI=1S/C25H26N2O5S2/c1-30-17-32-23-15-20(21-6-4-5-7-24(21)33-3)10-9-19(23)12-13-27-34(28,29)25-14-18(16-26)8-11-22(25)31-2/h4-11,14-15,27H,12-13,17H2,1-3H3. The maximum atomic E-state index is 12.9. The van der Waals surface area contributed by atoms with Crippen LogP contribution in [0.5, 0.6) is 11.5 Å². The van der Waals surface area contributed by atoms with Crippen LogP contribution in [-0.2, 0) is 21.2 Å². The molecule has 0 heterocycles. The Labute approximate surface area is 204 Å². The monoisotopic (exact) mass is 498 g/mol. The Morgan fingerprint density at radius 3 is 2.53 bits per heavy atom. The number of methoxy groups -OCH3 is 2. The second-order valence-electron chi connectivity index (χ2n) is 7.20. The van der Waals surface area contributed by atoms with Crippen LogP contribution in [-0.4, -0.2) is 42.2 Å². The third-order valence-corrected chi connectivity index (χ3v) is 7.36. The summed E-state index contributed by atoms with van der Waals surface area (Å²) in [6.07, 6.45) is 2.42. The average Bonchev–Trinajstić information content (AvgIpc) is 2.87. The number of nitrogens with one attached hydrogen (secondary N) is 1. The van der Waals surface area contributed by atoms with E-state index in [4.69, 9.17) is 19.5 Å². The summed E-state index contributed by atoms with van der Waals surface area (Å²) in [5.74, 6) is 0.797. The largest absolute Gasteiger partial charge is 0.495 e. The topological polar surface area (TPSA) is 97.6 Å². The van der Waals surface area contributed by atoms with Gasteiger partial charge in [0.15, 0.2) is 6.79 Å². The lowest BCUT2D eigenvalue weighted by atomic mass is 10.0. The maximum absolute atomic E-state index is 12.9. The summed E-state index contributed by atoms with van der Waals surface area (Å²) in [5.41, 5.74) is 3.16. The Kier molecular flexibility index (Phi) is 8.96. The lowest BCUT2D eigenvalue weighted by Crippen LogP contribution is -2.26. The lowest BCUT2D eigenvalue weighted by molar-refractivity contribution is 0.0505. The maximum Gasteiger partial charge on any atom is 0.244 e. The molecule has 0 unspecified atom stereocenters. The zero-order chi connectivity index (χ0) is 24.6. The average molecular weight is 499 g/mol. The summed E-state index contributed by atoms with van der Waals surface area (Å²) in [6, 6.07) is 20.2. The van der Waals surface area contributed by atoms with Gasteiger partial charge in [0.05, 0.1) is 18.7 Å². The lowest BCUT2D eigenvalue weighted by Gasteiger charge is -2.15. The Hall–Kier alpha value is -3.03. The van der Waals surface area contributed by atoms with Gasteiger partial charge in [-0.05, 0) is 59.7 Å². The first-order valence-corrected chi connectivity index (χ1v) is 13.1. The van der Waals surface area contributed by atoms with E-state index in [-0.39, 0.29) is 29.5 Å². The first-order chi connectivity index (χ1) is 16.4. The summed E-state index contributed by atoms with van der Waals surface area (Å²) in [7, 11) is -0.960. The summed E-state index contributed by atoms with van der Waals surface area (Å²) >= 11 is 1.67. The van der Waals surface area contributed by atoms with Crippen LogP contribution in [0, 0.1) is 11.3 Å². The third-order valence-electron chi connectivity index (χ3n) is 5.09. The van der Waals surface area contributed by atoms with Gasteiger partial charge in [-0.1, -0.05) is 30.3 Å². The molecule has 9 heteroatoms. The molecular weight excluding hydrogens is 472 g/mol. The molecule has 34 heavy (non-hydrogen) atoms. The predicted octanol–water partition coefficient (Wildman–Crippen LogP) is 4.46. The van der Waals surface area contributed by atoms with Crippen molar-refractivity contribution in [2.75, 3.05) is 33.8 Å². The number of nitrogens with zero attached hydrogens (tertiary/aromatic N) is 1. The van der Waals surface area contributed by atoms with Gasteiger partial charge in [0, 0.05) is 18.6 Å². The molecule has 3 aromatic carbocycles. The van der Waals surface area contributed by atoms with Crippen LogP contribution in [0.4, 0.5) is 0 Å². The van der Waals surface area contributed by atoms with E-state index in [0.29, 0.717) is 12.2 Å². The first-order valence-electron chi connectivity index (χ1n) is 10.4. The van der Waals surface area contributed by atoms with Gasteiger partial charge in [-0.2, -0.15) is 5.26 Å². The molecule has 0 atom stereocenters. The van der Waals surface area contributed by atoms with Gasteiger partial charge in [-0.3, -0.25) is 0 Å². The molecule has 0 saturated carbocycles. The smallest absolute Gasteiger partial charge is 0.244 e. The Balaban J connectivity index is 1.82. The van der Waals surface area contributed by atoms with Gasteiger partial charge >= 0.3 is 0 Å². The molecule has 0 fully saturated rings. The SMILES string of the molecule is COCOc1cc(-c2ccccc2SC)ccc1CCNS(=O)(=O)c1cc(C#N)ccc1OC. The highest BCUT2D eigenvalue weighted by Gasteiger charge is 2.20. The van der Waals surface area contributed by atoms with Gasteiger partial charge in [0.2, 0.25) is 10.0 Å². The van der Waals surface area contributed by atoms with Gasteiger partial charge in [0.1, 0.15) is 16.4 Å². The van der Waals surface area contributed by atoms with Gasteiger partial charge in [-0.15, -0.1) is 11.8 Å². The number of rotatable bonds is 11. The highest BCUT2D eigenvalue weighted by Crippen LogP contribution is 2.33. The van der Waals surface area contributed by atoms with Crippen molar-refractivity contribution in [1.29, 1.82) is 5.26 Å². The number of ether oxygens (including phenoxy) is 3. The number of nitriles is 1. The second kappa shape index (κ2) is 11.9. The van der Waals surface area contributed by atoms with E-state index < -0.39 is 10.0 Å². The predicted molar refractivity (Wildman–Crippen MR) is 133 cm³/mol. The summed E-state index contributed by atoms with van der Waals surface area (Å²) in [5, 5.41) is 9.12. The summed E-state index contributed by atoms with van der Waals surface area (Å²) in [6.45, 7) is 0.205. The van der Waals surface area contributed by atoms with E-state index in [0.717, 1.165) is 21.6 Å². The highest BCUT2D eigenvalue weighted by atomic mass is 32.2. The van der Waals surface area contributed by atoms with Gasteiger partial charge in [-0.25, -0.2) is 13.1 Å². The number of benzene rings is 3. The van der Waals surface area contributed by atoms with Crippen LogP contribution in [0.1, 0.15) is 11.1 Å². The van der Waals surface area contributed by atoms with Crippen LogP contribution >= 0.6 is 11.8 Å². The van der Waals surface area contributed by atoms with E-state index in [1.165, 1.54) is 25.3 Å². The third kappa shape index (κ3) is 6.10. The number of thioether (sulfide) groups is 1. The van der Waals surface area contributed by atoms with E-state index in [1.807, 2.05) is 42.7 Å². The van der Waals surface area contributed by atoms with Crippen LogP contribution < -0.4 is 14.2 Å². The minimum Gasteiger partial charge on any atom is -0.495 e. The normalized spacial score (nSPS) is 11.1. The van der Waals surface area contributed by atoms with Crippen molar-refractivity contribution in [3.05, 3.63) is 71.8 Å². The van der Waals surface area contributed by atoms with Crippen LogP contribution in [0.2, 0.25) is 0 Å². The van der Waals surface area contributed by atoms with Crippen molar-refractivity contribution >= 4 is 21.8 Å². The molecule has 0 aliphatic heterocycles. The molecule has 3 rings (SSSR count). The zero-order valence-corrected chi connectivity index (χ0v) is 20.8. The zero-order valence-electron chi connectivity index (χ0n) is 19.2. The minimum absolute atomic E-state index is 0.0739. The summed E-state index contributed by atoms with van der Waals surface area (Å²) in [4.78, 5) is 1.07. The van der Waals surface area contributed by atoms with E-state index in [2.05, 4.69) is 16.9 Å². The van der Waals surface area contributed by atoms with Crippen LogP contribution in [0.15, 0.2) is 70.5 Å². The Bertz CT molecular complexity index is 1290. The first kappa shape index (κ1) is 25.6. The molecule has 0 aliphatic rings. The van der Waals surface area contributed by atoms with Crippen molar-refractivity contribution in [2.45, 2.75) is 16.2 Å². The van der Waals surface area contributed by atoms with Crippen molar-refractivity contribution in [3.8, 4) is 28.7 Å². The number of sulfonamides is 1. The van der Waals surface area contributed by atoms with Crippen LogP contribution in [0.3, 0.4) is 0 Å². The molecule has 0 amide bonds. The van der Waals surface area contributed by atoms with E-state index >= 15 is 0 Å². The number of hydrogen-bond donors (Lipinski definition) is 1. The van der Waals surface area contributed by atoms with Gasteiger partial charge < -0.3 is 14.2 Å². The second-order valence-corrected chi connectivity index (χ2v) is 9.78. The molecule has 0 spiro atoms. The van der Waals surface area contributed by atoms with Crippen molar-refractivity contribution in [2.24, 2.45) is 0 Å².